The summed E-state index contributed by atoms with van der Waals surface area (Å²) >= 11 is 13.8. The van der Waals surface area contributed by atoms with Crippen LogP contribution in [0.4, 0.5) is 5.95 Å². The van der Waals surface area contributed by atoms with Crippen molar-refractivity contribution in [3.63, 3.8) is 0 Å². The van der Waals surface area contributed by atoms with Gasteiger partial charge in [0.15, 0.2) is 0 Å². The summed E-state index contributed by atoms with van der Waals surface area (Å²) < 4.78 is 0. The van der Waals surface area contributed by atoms with Gasteiger partial charge in [0.2, 0.25) is 5.95 Å². The number of halogens is 2. The van der Waals surface area contributed by atoms with Gasteiger partial charge in [0.05, 0.1) is 5.69 Å². The molecule has 0 amide bonds. The number of thioether (sulfide) groups is 1. The largest absolute Gasteiger partial charge is 0.350 e. The van der Waals surface area contributed by atoms with Crippen LogP contribution in [-0.4, -0.2) is 9.97 Å². The van der Waals surface area contributed by atoms with Gasteiger partial charge in [0, 0.05) is 44.6 Å². The second-order valence-electron chi connectivity index (χ2n) is 5.48. The fourth-order valence-electron chi connectivity index (χ4n) is 2.58. The molecule has 1 aliphatic rings. The first-order chi connectivity index (χ1) is 11.7. The molecular weight excluding hydrogens is 361 g/mol. The van der Waals surface area contributed by atoms with Gasteiger partial charge in [-0.15, -0.1) is 11.8 Å². The Hall–Kier alpha value is -1.75. The minimum Gasteiger partial charge on any atom is -0.350 e. The molecular formula is C18H13Cl2N3S. The van der Waals surface area contributed by atoms with Crippen LogP contribution >= 0.6 is 35.0 Å². The molecule has 0 atom stereocenters. The third-order valence-electron chi connectivity index (χ3n) is 3.81. The Morgan fingerprint density at radius 3 is 2.67 bits per heavy atom. The number of nitrogens with zero attached hydrogens (tertiary/aromatic N) is 2. The van der Waals surface area contributed by atoms with Gasteiger partial charge in [0.25, 0.3) is 0 Å². The number of hydrogen-bond donors (Lipinski definition) is 1. The van der Waals surface area contributed by atoms with Crippen LogP contribution in [0, 0.1) is 0 Å². The summed E-state index contributed by atoms with van der Waals surface area (Å²) in [5.41, 5.74) is 4.37. The van der Waals surface area contributed by atoms with Crippen LogP contribution in [0.15, 0.2) is 53.6 Å². The maximum absolute atomic E-state index is 6.10. The maximum Gasteiger partial charge on any atom is 0.223 e. The molecule has 120 valence electrons. The second-order valence-corrected chi connectivity index (χ2v) is 7.37. The number of anilines is 1. The molecule has 0 aliphatic carbocycles. The van der Waals surface area contributed by atoms with Crippen molar-refractivity contribution in [2.45, 2.75) is 17.2 Å². The highest BCUT2D eigenvalue weighted by Gasteiger charge is 2.19. The monoisotopic (exact) mass is 373 g/mol. The van der Waals surface area contributed by atoms with Crippen LogP contribution in [0.5, 0.6) is 0 Å². The minimum atomic E-state index is 0.622. The number of benzene rings is 2. The highest BCUT2D eigenvalue weighted by atomic mass is 35.5. The minimum absolute atomic E-state index is 0.622. The van der Waals surface area contributed by atoms with Crippen LogP contribution in [-0.2, 0) is 12.3 Å². The van der Waals surface area contributed by atoms with E-state index in [0.29, 0.717) is 12.5 Å². The smallest absolute Gasteiger partial charge is 0.223 e. The van der Waals surface area contributed by atoms with E-state index in [-0.39, 0.29) is 0 Å². The molecule has 0 spiro atoms. The highest BCUT2D eigenvalue weighted by Crippen LogP contribution is 2.41. The number of aromatic nitrogens is 2. The van der Waals surface area contributed by atoms with Gasteiger partial charge in [0.1, 0.15) is 0 Å². The number of nitrogens with one attached hydrogen (secondary N) is 1. The number of hydrogen-bond acceptors (Lipinski definition) is 4. The zero-order chi connectivity index (χ0) is 16.5. The summed E-state index contributed by atoms with van der Waals surface area (Å²) in [6.45, 7) is 0.651. The molecule has 0 saturated carbocycles. The summed E-state index contributed by atoms with van der Waals surface area (Å²) in [5.74, 6) is 1.48. The quantitative estimate of drug-likeness (QED) is 0.641. The number of rotatable bonds is 3. The van der Waals surface area contributed by atoms with Crippen molar-refractivity contribution in [3.8, 4) is 11.3 Å². The lowest BCUT2D eigenvalue weighted by atomic mass is 10.1. The fourth-order valence-corrected chi connectivity index (χ4v) is 4.00. The Labute approximate surface area is 154 Å². The predicted octanol–water partition coefficient (Wildman–Crippen LogP) is 5.67. The molecule has 4 rings (SSSR count). The zero-order valence-corrected chi connectivity index (χ0v) is 14.9. The molecule has 2 aromatic carbocycles. The lowest BCUT2D eigenvalue weighted by Crippen LogP contribution is -2.07. The van der Waals surface area contributed by atoms with Crippen LogP contribution in [0.25, 0.3) is 11.3 Å². The Balaban J connectivity index is 1.60. The molecule has 3 nitrogen and oxygen atoms in total. The van der Waals surface area contributed by atoms with Crippen molar-refractivity contribution in [1.82, 2.24) is 9.97 Å². The van der Waals surface area contributed by atoms with Gasteiger partial charge >= 0.3 is 0 Å². The molecule has 0 fully saturated rings. The van der Waals surface area contributed by atoms with Crippen LogP contribution in [0.2, 0.25) is 10.0 Å². The summed E-state index contributed by atoms with van der Waals surface area (Å²) in [4.78, 5) is 10.3. The van der Waals surface area contributed by atoms with E-state index in [1.807, 2.05) is 48.7 Å². The van der Waals surface area contributed by atoms with Gasteiger partial charge in [-0.05, 0) is 29.8 Å². The van der Waals surface area contributed by atoms with E-state index in [9.17, 15) is 0 Å². The van der Waals surface area contributed by atoms with Gasteiger partial charge in [-0.1, -0.05) is 41.4 Å². The highest BCUT2D eigenvalue weighted by molar-refractivity contribution is 7.98. The number of fused-ring (bicyclic) bond motifs is 3. The first kappa shape index (κ1) is 15.8. The van der Waals surface area contributed by atoms with Gasteiger partial charge < -0.3 is 5.32 Å². The van der Waals surface area contributed by atoms with Crippen molar-refractivity contribution < 1.29 is 0 Å². The Morgan fingerprint density at radius 1 is 1.04 bits per heavy atom. The maximum atomic E-state index is 6.10. The Morgan fingerprint density at radius 2 is 1.83 bits per heavy atom. The summed E-state index contributed by atoms with van der Waals surface area (Å²) in [6.07, 6.45) is 1.90. The first-order valence-corrected chi connectivity index (χ1v) is 9.20. The normalized spacial score (nSPS) is 12.4. The van der Waals surface area contributed by atoms with E-state index in [2.05, 4.69) is 10.3 Å². The molecule has 6 heteroatoms. The Kier molecular flexibility index (Phi) is 4.35. The van der Waals surface area contributed by atoms with Crippen molar-refractivity contribution in [3.05, 3.63) is 69.8 Å². The molecule has 3 aromatic rings. The van der Waals surface area contributed by atoms with Gasteiger partial charge in [-0.25, -0.2) is 9.97 Å². The molecule has 0 radical (unpaired) electrons. The summed E-state index contributed by atoms with van der Waals surface area (Å²) in [5, 5.41) is 4.76. The Bertz CT molecular complexity index is 897. The molecule has 0 unspecified atom stereocenters. The third kappa shape index (κ3) is 3.22. The van der Waals surface area contributed by atoms with Crippen molar-refractivity contribution >= 4 is 40.9 Å². The van der Waals surface area contributed by atoms with Gasteiger partial charge in [-0.3, -0.25) is 0 Å². The molecule has 1 N–H and O–H groups in total. The van der Waals surface area contributed by atoms with Crippen molar-refractivity contribution in [1.29, 1.82) is 0 Å². The van der Waals surface area contributed by atoms with Crippen LogP contribution in [0.3, 0.4) is 0 Å². The van der Waals surface area contributed by atoms with E-state index >= 15 is 0 Å². The lowest BCUT2D eigenvalue weighted by molar-refractivity contribution is 1.04. The average molecular weight is 374 g/mol. The lowest BCUT2D eigenvalue weighted by Gasteiger charge is -2.19. The van der Waals surface area contributed by atoms with E-state index in [0.717, 1.165) is 43.1 Å². The van der Waals surface area contributed by atoms with Crippen molar-refractivity contribution in [2.24, 2.45) is 0 Å². The molecule has 24 heavy (non-hydrogen) atoms. The SMILES string of the molecule is Clc1ccc(CNc2ncc3c(n2)-c2ccc(Cl)cc2SC3)cc1. The van der Waals surface area contributed by atoms with Crippen LogP contribution < -0.4 is 5.32 Å². The summed E-state index contributed by atoms with van der Waals surface area (Å²) in [7, 11) is 0. The molecule has 0 saturated heterocycles. The zero-order valence-electron chi connectivity index (χ0n) is 12.6. The van der Waals surface area contributed by atoms with Crippen LogP contribution in [0.1, 0.15) is 11.1 Å². The fraction of sp³-hybridized carbons (Fsp3) is 0.111. The van der Waals surface area contributed by atoms with E-state index in [1.54, 1.807) is 11.8 Å². The first-order valence-electron chi connectivity index (χ1n) is 7.46. The molecule has 1 aromatic heterocycles. The molecule has 0 bridgehead atoms. The van der Waals surface area contributed by atoms with Gasteiger partial charge in [-0.2, -0.15) is 0 Å². The molecule has 1 aliphatic heterocycles. The third-order valence-corrected chi connectivity index (χ3v) is 5.40. The standard InChI is InChI=1S/C18H13Cl2N3S/c19-13-3-1-11(2-4-13)8-21-18-22-9-12-10-24-16-7-14(20)5-6-15(16)17(12)23-18/h1-7,9H,8,10H2,(H,21,22,23). The molecule has 2 heterocycles. The van der Waals surface area contributed by atoms with E-state index in [4.69, 9.17) is 28.2 Å². The summed E-state index contributed by atoms with van der Waals surface area (Å²) in [6, 6.07) is 13.7. The van der Waals surface area contributed by atoms with E-state index < -0.39 is 0 Å². The van der Waals surface area contributed by atoms with Crippen molar-refractivity contribution in [2.75, 3.05) is 5.32 Å². The predicted molar refractivity (Wildman–Crippen MR) is 101 cm³/mol. The second kappa shape index (κ2) is 6.63. The average Bonchev–Trinajstić information content (AvgIpc) is 2.60. The van der Waals surface area contributed by atoms with E-state index in [1.165, 1.54) is 0 Å². The topological polar surface area (TPSA) is 37.8 Å².